The van der Waals surface area contributed by atoms with Crippen LogP contribution in [0, 0.1) is 0 Å². The minimum Gasteiger partial charge on any atom is -0.744 e. The van der Waals surface area contributed by atoms with Crippen molar-refractivity contribution in [3.63, 3.8) is 0 Å². The maximum atomic E-state index is 12.9. The zero-order chi connectivity index (χ0) is 23.8. The molecule has 0 bridgehead atoms. The van der Waals surface area contributed by atoms with E-state index < -0.39 is 26.8 Å². The summed E-state index contributed by atoms with van der Waals surface area (Å²) < 4.78 is 73.9. The van der Waals surface area contributed by atoms with Crippen LogP contribution in [0.5, 0.6) is 0 Å². The SMILES string of the molecule is Nc1c(N=Nc2ccc(-c3cccc(C(F)(F)F)c3)nc2)cc(S(=O)(=O)[O-])c2ccccc12.[Na+]. The molecule has 12 heteroatoms. The van der Waals surface area contributed by atoms with Crippen molar-refractivity contribution in [2.24, 2.45) is 10.2 Å². The van der Waals surface area contributed by atoms with Gasteiger partial charge in [0, 0.05) is 16.3 Å². The van der Waals surface area contributed by atoms with Crippen LogP contribution < -0.4 is 35.3 Å². The van der Waals surface area contributed by atoms with Crippen molar-refractivity contribution in [2.75, 3.05) is 5.73 Å². The Labute approximate surface area is 214 Å². The smallest absolute Gasteiger partial charge is 0.744 e. The van der Waals surface area contributed by atoms with E-state index in [-0.39, 0.29) is 57.6 Å². The molecule has 0 saturated carbocycles. The van der Waals surface area contributed by atoms with Crippen LogP contribution >= 0.6 is 0 Å². The number of hydrogen-bond acceptors (Lipinski definition) is 7. The Morgan fingerprint density at radius 1 is 0.912 bits per heavy atom. The molecule has 1 aromatic heterocycles. The van der Waals surface area contributed by atoms with E-state index in [9.17, 15) is 26.1 Å². The molecule has 1 heterocycles. The summed E-state index contributed by atoms with van der Waals surface area (Å²) in [7, 11) is -4.80. The van der Waals surface area contributed by atoms with Crippen molar-refractivity contribution >= 4 is 38.0 Å². The molecular formula is C22H14F3N4NaO3S. The van der Waals surface area contributed by atoms with Gasteiger partial charge < -0.3 is 10.3 Å². The molecule has 4 aromatic rings. The van der Waals surface area contributed by atoms with Gasteiger partial charge in [0.15, 0.2) is 0 Å². The molecule has 0 fully saturated rings. The molecule has 0 aliphatic rings. The molecule has 4 rings (SSSR count). The number of benzene rings is 3. The van der Waals surface area contributed by atoms with Gasteiger partial charge in [-0.25, -0.2) is 8.42 Å². The van der Waals surface area contributed by atoms with Crippen LogP contribution in [-0.2, 0) is 16.3 Å². The summed E-state index contributed by atoms with van der Waals surface area (Å²) in [6, 6.07) is 15.0. The minimum absolute atomic E-state index is 0. The number of nitrogen functional groups attached to an aromatic ring is 1. The number of azo groups is 1. The van der Waals surface area contributed by atoms with Crippen molar-refractivity contribution in [2.45, 2.75) is 11.1 Å². The van der Waals surface area contributed by atoms with Gasteiger partial charge in [-0.2, -0.15) is 13.2 Å². The molecule has 7 nitrogen and oxygen atoms in total. The van der Waals surface area contributed by atoms with Gasteiger partial charge in [0.25, 0.3) is 0 Å². The van der Waals surface area contributed by atoms with E-state index in [1.807, 2.05) is 0 Å². The van der Waals surface area contributed by atoms with Crippen LogP contribution in [0.4, 0.5) is 30.2 Å². The molecule has 0 aliphatic carbocycles. The third kappa shape index (κ3) is 5.45. The van der Waals surface area contributed by atoms with Crippen LogP contribution in [0.2, 0.25) is 0 Å². The first-order valence-electron chi connectivity index (χ1n) is 9.36. The number of halogens is 3. The van der Waals surface area contributed by atoms with Crippen molar-refractivity contribution in [3.05, 3.63) is 78.5 Å². The number of rotatable bonds is 4. The molecule has 2 N–H and O–H groups in total. The normalized spacial score (nSPS) is 12.1. The monoisotopic (exact) mass is 494 g/mol. The quantitative estimate of drug-likeness (QED) is 0.202. The van der Waals surface area contributed by atoms with Gasteiger partial charge in [-0.15, -0.1) is 10.2 Å². The fraction of sp³-hybridized carbons (Fsp3) is 0.0455. The Balaban J connectivity index is 0.00000324. The Morgan fingerprint density at radius 3 is 2.24 bits per heavy atom. The van der Waals surface area contributed by atoms with E-state index in [1.165, 1.54) is 36.5 Å². The summed E-state index contributed by atoms with van der Waals surface area (Å²) in [6.07, 6.45) is -3.18. The molecule has 168 valence electrons. The first-order chi connectivity index (χ1) is 15.5. The molecule has 34 heavy (non-hydrogen) atoms. The molecule has 0 aliphatic heterocycles. The van der Waals surface area contributed by atoms with E-state index in [2.05, 4.69) is 15.2 Å². The molecule has 0 radical (unpaired) electrons. The number of nitrogens with two attached hydrogens (primary N) is 1. The van der Waals surface area contributed by atoms with Crippen molar-refractivity contribution in [1.29, 1.82) is 0 Å². The second kappa shape index (κ2) is 9.80. The Bertz CT molecular complexity index is 1490. The number of hydrogen-bond donors (Lipinski definition) is 1. The topological polar surface area (TPSA) is 121 Å². The summed E-state index contributed by atoms with van der Waals surface area (Å²) in [5, 5.41) is 8.43. The Morgan fingerprint density at radius 2 is 1.62 bits per heavy atom. The summed E-state index contributed by atoms with van der Waals surface area (Å²) in [5.74, 6) is 0. The molecular weight excluding hydrogens is 480 g/mol. The average Bonchev–Trinajstić information content (AvgIpc) is 2.78. The van der Waals surface area contributed by atoms with E-state index in [1.54, 1.807) is 18.2 Å². The first-order valence-corrected chi connectivity index (χ1v) is 10.8. The third-order valence-electron chi connectivity index (χ3n) is 4.80. The minimum atomic E-state index is -4.80. The Kier molecular flexibility index (Phi) is 7.44. The molecule has 0 saturated heterocycles. The maximum absolute atomic E-state index is 12.9. The number of anilines is 1. The van der Waals surface area contributed by atoms with Crippen LogP contribution in [0.3, 0.4) is 0 Å². The molecule has 3 aromatic carbocycles. The third-order valence-corrected chi connectivity index (χ3v) is 5.68. The van der Waals surface area contributed by atoms with E-state index in [0.717, 1.165) is 18.2 Å². The maximum Gasteiger partial charge on any atom is 1.00 e. The van der Waals surface area contributed by atoms with Crippen molar-refractivity contribution in [1.82, 2.24) is 4.98 Å². The Hall–Kier alpha value is -2.83. The molecule has 0 amide bonds. The van der Waals surface area contributed by atoms with Crippen LogP contribution in [-0.4, -0.2) is 18.0 Å². The van der Waals surface area contributed by atoms with Crippen molar-refractivity contribution < 1.29 is 55.7 Å². The summed E-state index contributed by atoms with van der Waals surface area (Å²) >= 11 is 0. The van der Waals surface area contributed by atoms with Crippen molar-refractivity contribution in [3.8, 4) is 11.3 Å². The zero-order valence-electron chi connectivity index (χ0n) is 17.6. The van der Waals surface area contributed by atoms with Gasteiger partial charge in [-0.1, -0.05) is 36.4 Å². The predicted octanol–water partition coefficient (Wildman–Crippen LogP) is 2.83. The summed E-state index contributed by atoms with van der Waals surface area (Å²) in [4.78, 5) is 3.64. The average molecular weight is 494 g/mol. The van der Waals surface area contributed by atoms with E-state index in [4.69, 9.17) is 5.73 Å². The van der Waals surface area contributed by atoms with E-state index >= 15 is 0 Å². The summed E-state index contributed by atoms with van der Waals surface area (Å²) in [6.45, 7) is 0. The number of alkyl halides is 3. The molecule has 0 atom stereocenters. The van der Waals surface area contributed by atoms with Gasteiger partial charge in [0.2, 0.25) is 0 Å². The van der Waals surface area contributed by atoms with E-state index in [0.29, 0.717) is 11.1 Å². The second-order valence-electron chi connectivity index (χ2n) is 6.99. The van der Waals surface area contributed by atoms with Gasteiger partial charge in [0.05, 0.1) is 28.0 Å². The second-order valence-corrected chi connectivity index (χ2v) is 8.34. The van der Waals surface area contributed by atoms with Crippen LogP contribution in [0.1, 0.15) is 5.56 Å². The number of fused-ring (bicyclic) bond motifs is 1. The summed E-state index contributed by atoms with van der Waals surface area (Å²) in [5.41, 5.74) is 6.22. The largest absolute Gasteiger partial charge is 1.00 e. The zero-order valence-corrected chi connectivity index (χ0v) is 20.4. The fourth-order valence-electron chi connectivity index (χ4n) is 3.22. The standard InChI is InChI=1S/C22H15F3N4O3S.Na/c23-22(24,25)14-5-3-4-13(10-14)18-9-8-15(12-27-18)28-29-19-11-20(33(30,31)32)16-6-1-2-7-17(16)21(19)26;/h1-12H,26H2,(H,30,31,32);/q;+1/p-1. The predicted molar refractivity (Wildman–Crippen MR) is 115 cm³/mol. The van der Waals surface area contributed by atoms with Crippen LogP contribution in [0.15, 0.2) is 88.1 Å². The van der Waals surface area contributed by atoms with Gasteiger partial charge >= 0.3 is 35.7 Å². The van der Waals surface area contributed by atoms with Gasteiger partial charge in [-0.05, 0) is 30.3 Å². The molecule has 0 spiro atoms. The number of nitrogens with zero attached hydrogens (tertiary/aromatic N) is 3. The fourth-order valence-corrected chi connectivity index (χ4v) is 3.93. The van der Waals surface area contributed by atoms with Gasteiger partial charge in [-0.3, -0.25) is 4.98 Å². The first kappa shape index (κ1) is 25.8. The van der Waals surface area contributed by atoms with Gasteiger partial charge in [0.1, 0.15) is 21.5 Å². The number of aromatic nitrogens is 1. The number of pyridine rings is 1. The van der Waals surface area contributed by atoms with Crippen LogP contribution in [0.25, 0.3) is 22.0 Å². The molecule has 0 unspecified atom stereocenters.